The highest BCUT2D eigenvalue weighted by atomic mass is 16.4. The average Bonchev–Trinajstić information content (AvgIpc) is 3.01. The number of nitrogens with zero attached hydrogens (tertiary/aromatic N) is 2. The van der Waals surface area contributed by atoms with Crippen LogP contribution in [0, 0.1) is 5.92 Å². The number of hydrogen-bond acceptors (Lipinski definition) is 5. The average molecular weight is 289 g/mol. The van der Waals surface area contributed by atoms with E-state index < -0.39 is 11.9 Å². The quantitative estimate of drug-likeness (QED) is 0.836. The third kappa shape index (κ3) is 3.88. The van der Waals surface area contributed by atoms with Gasteiger partial charge >= 0.3 is 5.97 Å². The number of hydrogen-bond donors (Lipinski definition) is 2. The Labute approximate surface area is 121 Å². The number of carboxylic acids is 1. The van der Waals surface area contributed by atoms with Crippen molar-refractivity contribution in [2.75, 3.05) is 6.54 Å². The summed E-state index contributed by atoms with van der Waals surface area (Å²) in [6.07, 6.45) is 1.63. The van der Waals surface area contributed by atoms with Gasteiger partial charge in [-0.05, 0) is 30.7 Å². The zero-order valence-electron chi connectivity index (χ0n) is 11.4. The van der Waals surface area contributed by atoms with Crippen LogP contribution in [-0.4, -0.2) is 33.7 Å². The van der Waals surface area contributed by atoms with Crippen molar-refractivity contribution < 1.29 is 19.1 Å². The van der Waals surface area contributed by atoms with E-state index in [0.717, 1.165) is 5.56 Å². The molecule has 1 aromatic carbocycles. The number of rotatable bonds is 6. The van der Waals surface area contributed by atoms with E-state index in [0.29, 0.717) is 24.4 Å². The van der Waals surface area contributed by atoms with Crippen molar-refractivity contribution >= 4 is 11.9 Å². The number of nitrogens with one attached hydrogen (secondary N) is 1. The van der Waals surface area contributed by atoms with Gasteiger partial charge in [0.05, 0.1) is 5.92 Å². The molecule has 110 valence electrons. The molecule has 0 saturated heterocycles. The number of amides is 1. The first-order valence-electron chi connectivity index (χ1n) is 6.45. The fourth-order valence-electron chi connectivity index (χ4n) is 1.69. The van der Waals surface area contributed by atoms with Gasteiger partial charge in [0, 0.05) is 17.7 Å². The van der Waals surface area contributed by atoms with Gasteiger partial charge in [0.25, 0.3) is 5.91 Å². The Balaban J connectivity index is 1.90. The molecule has 0 aliphatic carbocycles. The Hall–Kier alpha value is -2.70. The lowest BCUT2D eigenvalue weighted by Crippen LogP contribution is -2.26. The second-order valence-corrected chi connectivity index (χ2v) is 4.61. The summed E-state index contributed by atoms with van der Waals surface area (Å²) in [5, 5.41) is 18.8. The van der Waals surface area contributed by atoms with Crippen molar-refractivity contribution in [1.29, 1.82) is 0 Å². The fraction of sp³-hybridized carbons (Fsp3) is 0.286. The van der Waals surface area contributed by atoms with E-state index in [4.69, 9.17) is 9.52 Å². The summed E-state index contributed by atoms with van der Waals surface area (Å²) in [6, 6.07) is 6.72. The van der Waals surface area contributed by atoms with Gasteiger partial charge in [-0.1, -0.05) is 6.92 Å². The van der Waals surface area contributed by atoms with Crippen molar-refractivity contribution in [3.8, 4) is 11.5 Å². The second-order valence-electron chi connectivity index (χ2n) is 4.61. The van der Waals surface area contributed by atoms with Gasteiger partial charge in [0.1, 0.15) is 0 Å². The maximum Gasteiger partial charge on any atom is 0.306 e. The monoisotopic (exact) mass is 289 g/mol. The maximum absolute atomic E-state index is 11.9. The third-order valence-electron chi connectivity index (χ3n) is 3.04. The van der Waals surface area contributed by atoms with Gasteiger partial charge in [-0.2, -0.15) is 0 Å². The fourth-order valence-corrected chi connectivity index (χ4v) is 1.69. The van der Waals surface area contributed by atoms with Crippen LogP contribution in [0.3, 0.4) is 0 Å². The standard InChI is InChI=1S/C14H15N3O4/c1-9(14(19)20)6-7-15-12(18)10-2-4-11(5-3-10)13-17-16-8-21-13/h2-5,8-9H,6-7H2,1H3,(H,15,18)(H,19,20). The van der Waals surface area contributed by atoms with E-state index in [1.807, 2.05) is 0 Å². The molecule has 1 unspecified atom stereocenters. The number of aromatic nitrogens is 2. The van der Waals surface area contributed by atoms with Crippen LogP contribution in [0.2, 0.25) is 0 Å². The Bertz CT molecular complexity index is 608. The molecule has 1 amide bonds. The molecule has 2 aromatic rings. The molecule has 0 radical (unpaired) electrons. The highest BCUT2D eigenvalue weighted by molar-refractivity contribution is 5.94. The van der Waals surface area contributed by atoms with Crippen molar-refractivity contribution in [2.24, 2.45) is 5.92 Å². The van der Waals surface area contributed by atoms with Crippen LogP contribution in [0.5, 0.6) is 0 Å². The minimum atomic E-state index is -0.867. The largest absolute Gasteiger partial charge is 0.481 e. The SMILES string of the molecule is CC(CCNC(=O)c1ccc(-c2nnco2)cc1)C(=O)O. The molecule has 7 heteroatoms. The Morgan fingerprint density at radius 3 is 2.62 bits per heavy atom. The van der Waals surface area contributed by atoms with Crippen molar-refractivity contribution in [1.82, 2.24) is 15.5 Å². The van der Waals surface area contributed by atoms with Crippen LogP contribution in [0.25, 0.3) is 11.5 Å². The van der Waals surface area contributed by atoms with Crippen LogP contribution >= 0.6 is 0 Å². The zero-order valence-corrected chi connectivity index (χ0v) is 11.4. The molecule has 0 spiro atoms. The third-order valence-corrected chi connectivity index (χ3v) is 3.04. The molecule has 0 saturated carbocycles. The van der Waals surface area contributed by atoms with Crippen molar-refractivity contribution in [3.05, 3.63) is 36.2 Å². The molecule has 1 aromatic heterocycles. The summed E-state index contributed by atoms with van der Waals surface area (Å²) in [5.41, 5.74) is 1.21. The molecule has 21 heavy (non-hydrogen) atoms. The number of carboxylic acid groups (broad SMARTS) is 1. The normalized spacial score (nSPS) is 11.9. The van der Waals surface area contributed by atoms with Crippen LogP contribution in [0.4, 0.5) is 0 Å². The predicted molar refractivity (Wildman–Crippen MR) is 73.5 cm³/mol. The van der Waals surface area contributed by atoms with Crippen LogP contribution in [-0.2, 0) is 4.79 Å². The second kappa shape index (κ2) is 6.65. The van der Waals surface area contributed by atoms with E-state index in [9.17, 15) is 9.59 Å². The van der Waals surface area contributed by atoms with Crippen LogP contribution < -0.4 is 5.32 Å². The van der Waals surface area contributed by atoms with Gasteiger partial charge in [-0.25, -0.2) is 0 Å². The first kappa shape index (κ1) is 14.7. The van der Waals surface area contributed by atoms with E-state index in [-0.39, 0.29) is 5.91 Å². The first-order chi connectivity index (χ1) is 10.1. The summed E-state index contributed by atoms with van der Waals surface area (Å²) < 4.78 is 5.06. The molecule has 0 aliphatic rings. The van der Waals surface area contributed by atoms with Crippen molar-refractivity contribution in [3.63, 3.8) is 0 Å². The predicted octanol–water partition coefficient (Wildman–Crippen LogP) is 1.58. The summed E-state index contributed by atoms with van der Waals surface area (Å²) in [6.45, 7) is 1.92. The highest BCUT2D eigenvalue weighted by Crippen LogP contribution is 2.16. The molecule has 0 aliphatic heterocycles. The Kier molecular flexibility index (Phi) is 4.65. The van der Waals surface area contributed by atoms with Gasteiger partial charge < -0.3 is 14.8 Å². The van der Waals surface area contributed by atoms with Gasteiger partial charge in [-0.3, -0.25) is 9.59 Å². The van der Waals surface area contributed by atoms with Gasteiger partial charge in [0.15, 0.2) is 0 Å². The molecule has 1 heterocycles. The summed E-state index contributed by atoms with van der Waals surface area (Å²) in [4.78, 5) is 22.5. The lowest BCUT2D eigenvalue weighted by Gasteiger charge is -2.08. The lowest BCUT2D eigenvalue weighted by molar-refractivity contribution is -0.141. The van der Waals surface area contributed by atoms with Gasteiger partial charge in [-0.15, -0.1) is 10.2 Å². The van der Waals surface area contributed by atoms with Crippen molar-refractivity contribution in [2.45, 2.75) is 13.3 Å². The molecule has 7 nitrogen and oxygen atoms in total. The molecule has 2 rings (SSSR count). The smallest absolute Gasteiger partial charge is 0.306 e. The minimum absolute atomic E-state index is 0.246. The molecular weight excluding hydrogens is 274 g/mol. The summed E-state index contributed by atoms with van der Waals surface area (Å²) in [5.74, 6) is -1.21. The molecule has 1 atom stereocenters. The highest BCUT2D eigenvalue weighted by Gasteiger charge is 2.12. The number of benzene rings is 1. The van der Waals surface area contributed by atoms with E-state index in [2.05, 4.69) is 15.5 Å². The lowest BCUT2D eigenvalue weighted by atomic mass is 10.1. The van der Waals surface area contributed by atoms with E-state index in [1.54, 1.807) is 31.2 Å². The first-order valence-corrected chi connectivity index (χ1v) is 6.45. The van der Waals surface area contributed by atoms with Crippen LogP contribution in [0.15, 0.2) is 35.1 Å². The van der Waals surface area contributed by atoms with Crippen LogP contribution in [0.1, 0.15) is 23.7 Å². The molecule has 0 bridgehead atoms. The van der Waals surface area contributed by atoms with E-state index in [1.165, 1.54) is 6.39 Å². The molecule has 0 fully saturated rings. The summed E-state index contributed by atoms with van der Waals surface area (Å²) >= 11 is 0. The number of carbonyl (C=O) groups excluding carboxylic acids is 1. The zero-order chi connectivity index (χ0) is 15.2. The topological polar surface area (TPSA) is 105 Å². The molecular formula is C14H15N3O4. The summed E-state index contributed by atoms with van der Waals surface area (Å²) in [7, 11) is 0. The maximum atomic E-state index is 11.9. The minimum Gasteiger partial charge on any atom is -0.481 e. The number of aliphatic carboxylic acids is 1. The number of carbonyl (C=O) groups is 2. The Morgan fingerprint density at radius 2 is 2.05 bits per heavy atom. The van der Waals surface area contributed by atoms with E-state index >= 15 is 0 Å². The molecule has 2 N–H and O–H groups in total. The Morgan fingerprint density at radius 1 is 1.33 bits per heavy atom. The van der Waals surface area contributed by atoms with Gasteiger partial charge in [0.2, 0.25) is 12.3 Å².